The van der Waals surface area contributed by atoms with E-state index in [1.807, 2.05) is 24.3 Å². The third kappa shape index (κ3) is 3.26. The number of carbonyl (C=O) groups is 1. The summed E-state index contributed by atoms with van der Waals surface area (Å²) < 4.78 is 11.9. The van der Waals surface area contributed by atoms with Crippen LogP contribution in [0.3, 0.4) is 0 Å². The second kappa shape index (κ2) is 8.39. The van der Waals surface area contributed by atoms with Crippen molar-refractivity contribution in [1.82, 2.24) is 9.80 Å². The maximum absolute atomic E-state index is 13.3. The molecule has 1 spiro atoms. The number of piperidine rings is 1. The van der Waals surface area contributed by atoms with Crippen LogP contribution in [0, 0.1) is 17.8 Å². The first-order chi connectivity index (χ1) is 18.4. The molecule has 2 aliphatic heterocycles. The number of likely N-dealkylation sites (N-methyl/N-ethyl adjacent to an activating group) is 1. The summed E-state index contributed by atoms with van der Waals surface area (Å²) in [6, 6.07) is 10.8. The smallest absolute Gasteiger partial charge is 0.298 e. The topological polar surface area (TPSA) is 82.5 Å². The highest BCUT2D eigenvalue weighted by Crippen LogP contribution is 2.66. The van der Waals surface area contributed by atoms with Gasteiger partial charge >= 0.3 is 0 Å². The Hall–Kier alpha value is -3.21. The Morgan fingerprint density at radius 3 is 2.87 bits per heavy atom. The number of ether oxygens (including phenoxy) is 2. The predicted molar refractivity (Wildman–Crippen MR) is 141 cm³/mol. The number of nitrogens with zero attached hydrogens (tertiary/aromatic N) is 2. The molecule has 3 aliphatic carbocycles. The van der Waals surface area contributed by atoms with Gasteiger partial charge in [0.1, 0.15) is 11.9 Å². The fraction of sp³-hybridized carbons (Fsp3) is 0.516. The Morgan fingerprint density at radius 2 is 2.08 bits per heavy atom. The van der Waals surface area contributed by atoms with Gasteiger partial charge in [-0.3, -0.25) is 9.69 Å². The summed E-state index contributed by atoms with van der Waals surface area (Å²) >= 11 is 0. The lowest BCUT2D eigenvalue weighted by Crippen LogP contribution is -2.78. The summed E-state index contributed by atoms with van der Waals surface area (Å²) in [6.07, 6.45) is 4.81. The van der Waals surface area contributed by atoms with Crippen LogP contribution in [0.4, 0.5) is 0 Å². The lowest BCUT2D eigenvalue weighted by atomic mass is 9.48. The van der Waals surface area contributed by atoms with E-state index in [4.69, 9.17) is 9.47 Å². The van der Waals surface area contributed by atoms with E-state index < -0.39 is 17.1 Å². The van der Waals surface area contributed by atoms with Gasteiger partial charge in [0, 0.05) is 36.7 Å². The molecular formula is C31H34N2O5. The quantitative estimate of drug-likeness (QED) is 0.611. The van der Waals surface area contributed by atoms with Gasteiger partial charge in [0.05, 0.1) is 24.2 Å². The van der Waals surface area contributed by atoms with Crippen LogP contribution in [0.5, 0.6) is 17.2 Å². The second-order valence-electron chi connectivity index (χ2n) is 11.8. The summed E-state index contributed by atoms with van der Waals surface area (Å²) in [7, 11) is 3.38. The van der Waals surface area contributed by atoms with Crippen LogP contribution in [0.15, 0.2) is 36.4 Å². The van der Waals surface area contributed by atoms with Gasteiger partial charge in [-0.2, -0.15) is 0 Å². The van der Waals surface area contributed by atoms with E-state index in [0.717, 1.165) is 43.0 Å². The van der Waals surface area contributed by atoms with Gasteiger partial charge in [-0.15, -0.1) is 0 Å². The highest BCUT2D eigenvalue weighted by molar-refractivity contribution is 5.94. The largest absolute Gasteiger partial charge is 0.504 e. The minimum atomic E-state index is -0.969. The number of phenols is 1. The second-order valence-corrected chi connectivity index (χ2v) is 11.8. The zero-order chi connectivity index (χ0) is 26.2. The minimum absolute atomic E-state index is 0.0146. The first kappa shape index (κ1) is 23.9. The molecule has 1 amide bonds. The van der Waals surface area contributed by atoms with Crippen molar-refractivity contribution < 1.29 is 24.5 Å². The van der Waals surface area contributed by atoms with Gasteiger partial charge in [0.25, 0.3) is 5.91 Å². The molecule has 198 valence electrons. The van der Waals surface area contributed by atoms with Crippen molar-refractivity contribution in [1.29, 1.82) is 0 Å². The number of aromatic hydroxyl groups is 1. The number of phenolic OH excluding ortho intramolecular Hbond substituents is 1. The number of methoxy groups -OCH3 is 1. The summed E-state index contributed by atoms with van der Waals surface area (Å²) in [5.74, 6) is 7.52. The normalized spacial score (nSPS) is 32.4. The van der Waals surface area contributed by atoms with Gasteiger partial charge in [-0.1, -0.05) is 18.1 Å². The highest BCUT2D eigenvalue weighted by atomic mass is 16.5. The van der Waals surface area contributed by atoms with Crippen LogP contribution in [-0.4, -0.2) is 77.0 Å². The Bertz CT molecular complexity index is 1380. The molecule has 1 saturated heterocycles. The summed E-state index contributed by atoms with van der Waals surface area (Å²) in [5, 5.41) is 23.4. The molecule has 2 N–H and O–H groups in total. The molecule has 38 heavy (non-hydrogen) atoms. The van der Waals surface area contributed by atoms with E-state index in [0.29, 0.717) is 29.9 Å². The standard InChI is InChI=1S/C31H34N2O5/c1-32(26(35)11-8-19-4-3-5-22(16-19)37-2)23-12-13-31(36)25-17-21-9-10-24(34)28-27(21)30(31,29(23)38-28)14-15-33(25)18-20-6-7-20/h3-5,9-10,16,20,23,25,29,34,36H,6-7,12-15,17-18H2,1-2H3/t23-,25-,29+,30+,31-/m1/s1. The van der Waals surface area contributed by atoms with Gasteiger partial charge < -0.3 is 24.6 Å². The average Bonchev–Trinajstić information content (AvgIpc) is 3.67. The highest BCUT2D eigenvalue weighted by Gasteiger charge is 2.73. The number of rotatable bonds is 4. The number of hydrogen-bond donors (Lipinski definition) is 2. The summed E-state index contributed by atoms with van der Waals surface area (Å²) in [5.41, 5.74) is 1.21. The number of benzene rings is 2. The van der Waals surface area contributed by atoms with Crippen molar-refractivity contribution in [3.8, 4) is 29.1 Å². The van der Waals surface area contributed by atoms with Crippen LogP contribution in [0.1, 0.15) is 48.8 Å². The van der Waals surface area contributed by atoms with E-state index in [-0.39, 0.29) is 23.7 Å². The van der Waals surface area contributed by atoms with Crippen molar-refractivity contribution >= 4 is 5.91 Å². The van der Waals surface area contributed by atoms with Gasteiger partial charge in [-0.05, 0) is 80.8 Å². The molecule has 0 radical (unpaired) electrons. The minimum Gasteiger partial charge on any atom is -0.504 e. The van der Waals surface area contributed by atoms with Crippen molar-refractivity contribution in [2.24, 2.45) is 5.92 Å². The number of likely N-dealkylation sites (tertiary alicyclic amines) is 1. The predicted octanol–water partition coefficient (Wildman–Crippen LogP) is 2.84. The monoisotopic (exact) mass is 514 g/mol. The molecule has 2 aromatic rings. The van der Waals surface area contributed by atoms with Crippen LogP contribution in [0.2, 0.25) is 0 Å². The molecule has 7 rings (SSSR count). The van der Waals surface area contributed by atoms with E-state index in [9.17, 15) is 15.0 Å². The fourth-order valence-corrected chi connectivity index (χ4v) is 7.92. The van der Waals surface area contributed by atoms with Crippen molar-refractivity contribution in [3.05, 3.63) is 53.1 Å². The molecule has 0 unspecified atom stereocenters. The van der Waals surface area contributed by atoms with E-state index >= 15 is 0 Å². The number of aliphatic hydroxyl groups is 1. The summed E-state index contributed by atoms with van der Waals surface area (Å²) in [6.45, 7) is 1.93. The lowest BCUT2D eigenvalue weighted by molar-refractivity contribution is -0.199. The fourth-order valence-electron chi connectivity index (χ4n) is 7.92. The van der Waals surface area contributed by atoms with Gasteiger partial charge in [0.2, 0.25) is 0 Å². The van der Waals surface area contributed by atoms with Crippen molar-refractivity contribution in [2.45, 2.75) is 67.7 Å². The van der Waals surface area contributed by atoms with Crippen LogP contribution in [-0.2, 0) is 16.6 Å². The molecule has 5 atom stereocenters. The van der Waals surface area contributed by atoms with Crippen LogP contribution in [0.25, 0.3) is 0 Å². The molecular weight excluding hydrogens is 480 g/mol. The molecule has 2 bridgehead atoms. The molecule has 2 saturated carbocycles. The summed E-state index contributed by atoms with van der Waals surface area (Å²) in [4.78, 5) is 17.5. The Morgan fingerprint density at radius 1 is 1.24 bits per heavy atom. The van der Waals surface area contributed by atoms with Crippen molar-refractivity contribution in [3.63, 3.8) is 0 Å². The van der Waals surface area contributed by atoms with Crippen LogP contribution < -0.4 is 9.47 Å². The zero-order valence-corrected chi connectivity index (χ0v) is 21.9. The molecule has 0 aromatic heterocycles. The Kier molecular flexibility index (Phi) is 5.27. The van der Waals surface area contributed by atoms with E-state index in [1.165, 1.54) is 12.8 Å². The maximum Gasteiger partial charge on any atom is 0.298 e. The van der Waals surface area contributed by atoms with Crippen molar-refractivity contribution in [2.75, 3.05) is 27.2 Å². The average molecular weight is 515 g/mol. The number of amides is 1. The lowest BCUT2D eigenvalue weighted by Gasteiger charge is -2.64. The first-order valence-electron chi connectivity index (χ1n) is 13.8. The molecule has 7 nitrogen and oxygen atoms in total. The SMILES string of the molecule is COc1cccc(C#CC(=O)N(C)[C@@H]2CC[C@@]3(O)[C@H]4Cc5ccc(O)c6c5[C@@]3(CCN4CC3CC3)[C@H]2O6)c1. The van der Waals surface area contributed by atoms with E-state index in [1.54, 1.807) is 31.2 Å². The molecule has 3 fully saturated rings. The zero-order valence-electron chi connectivity index (χ0n) is 21.9. The third-order valence-electron chi connectivity index (χ3n) is 9.93. The number of carbonyl (C=O) groups excluding carboxylic acids is 1. The molecule has 2 heterocycles. The Labute approximate surface area is 223 Å². The molecule has 5 aliphatic rings. The molecule has 2 aromatic carbocycles. The van der Waals surface area contributed by atoms with Gasteiger partial charge in [-0.25, -0.2) is 0 Å². The Balaban J connectivity index is 1.24. The van der Waals surface area contributed by atoms with Crippen LogP contribution >= 0.6 is 0 Å². The third-order valence-corrected chi connectivity index (χ3v) is 9.93. The molecule has 7 heteroatoms. The number of hydrogen-bond acceptors (Lipinski definition) is 6. The van der Waals surface area contributed by atoms with Gasteiger partial charge in [0.15, 0.2) is 11.5 Å². The van der Waals surface area contributed by atoms with E-state index in [2.05, 4.69) is 16.7 Å². The maximum atomic E-state index is 13.3. The first-order valence-corrected chi connectivity index (χ1v) is 13.8.